The van der Waals surface area contributed by atoms with Gasteiger partial charge >= 0.3 is 0 Å². The van der Waals surface area contributed by atoms with Crippen LogP contribution < -0.4 is 10.6 Å². The lowest BCUT2D eigenvalue weighted by Crippen LogP contribution is -2.35. The van der Waals surface area contributed by atoms with Crippen molar-refractivity contribution < 1.29 is 4.74 Å². The van der Waals surface area contributed by atoms with E-state index in [0.717, 1.165) is 32.0 Å². The van der Waals surface area contributed by atoms with Gasteiger partial charge < -0.3 is 15.4 Å². The first-order valence-electron chi connectivity index (χ1n) is 7.28. The Morgan fingerprint density at radius 2 is 2.00 bits per heavy atom. The average molecular weight is 262 g/mol. The zero-order valence-electron chi connectivity index (χ0n) is 12.1. The largest absolute Gasteiger partial charge is 0.384 e. The molecule has 0 amide bonds. The van der Waals surface area contributed by atoms with E-state index in [4.69, 9.17) is 10.5 Å². The number of piperidine rings is 1. The summed E-state index contributed by atoms with van der Waals surface area (Å²) in [7, 11) is 1.80. The zero-order valence-corrected chi connectivity index (χ0v) is 12.1. The van der Waals surface area contributed by atoms with E-state index in [-0.39, 0.29) is 6.04 Å². The number of ether oxygens (including phenoxy) is 1. The number of nitrogens with zero attached hydrogens (tertiary/aromatic N) is 1. The number of hydrogen-bond acceptors (Lipinski definition) is 3. The molecule has 2 N–H and O–H groups in total. The van der Waals surface area contributed by atoms with Crippen LogP contribution in [0.5, 0.6) is 0 Å². The molecule has 0 bridgehead atoms. The van der Waals surface area contributed by atoms with Crippen molar-refractivity contribution in [1.29, 1.82) is 0 Å². The summed E-state index contributed by atoms with van der Waals surface area (Å²) >= 11 is 0. The Bertz CT molecular complexity index is 384. The predicted octanol–water partition coefficient (Wildman–Crippen LogP) is 2.44. The lowest BCUT2D eigenvalue weighted by atomic mass is 9.96. The Balaban J connectivity index is 2.02. The molecule has 1 fully saturated rings. The first-order valence-corrected chi connectivity index (χ1v) is 7.28. The summed E-state index contributed by atoms with van der Waals surface area (Å²) in [6.07, 6.45) is 3.40. The van der Waals surface area contributed by atoms with E-state index in [1.165, 1.54) is 24.1 Å². The van der Waals surface area contributed by atoms with Gasteiger partial charge in [-0.15, -0.1) is 0 Å². The molecule has 1 atom stereocenters. The van der Waals surface area contributed by atoms with Gasteiger partial charge in [0, 0.05) is 38.5 Å². The van der Waals surface area contributed by atoms with E-state index in [1.54, 1.807) is 7.11 Å². The number of methoxy groups -OCH3 is 1. The smallest absolute Gasteiger partial charge is 0.0491 e. The highest BCUT2D eigenvalue weighted by molar-refractivity contribution is 5.54. The summed E-state index contributed by atoms with van der Waals surface area (Å²) < 4.78 is 5.26. The molecule has 0 radical (unpaired) electrons. The van der Waals surface area contributed by atoms with Gasteiger partial charge in [-0.25, -0.2) is 0 Å². The third-order valence-electron chi connectivity index (χ3n) is 3.89. The van der Waals surface area contributed by atoms with Crippen LogP contribution in [0.1, 0.15) is 25.3 Å². The van der Waals surface area contributed by atoms with Crippen molar-refractivity contribution >= 4 is 5.69 Å². The van der Waals surface area contributed by atoms with Gasteiger partial charge in [0.05, 0.1) is 0 Å². The van der Waals surface area contributed by atoms with Gasteiger partial charge in [0.1, 0.15) is 0 Å². The Kier molecular flexibility index (Phi) is 5.23. The minimum Gasteiger partial charge on any atom is -0.384 e. The number of rotatable bonds is 5. The quantitative estimate of drug-likeness (QED) is 0.886. The molecule has 1 unspecified atom stereocenters. The van der Waals surface area contributed by atoms with Crippen LogP contribution in [0.25, 0.3) is 0 Å². The average Bonchev–Trinajstić information content (AvgIpc) is 2.40. The van der Waals surface area contributed by atoms with Gasteiger partial charge in [0.2, 0.25) is 0 Å². The van der Waals surface area contributed by atoms with Crippen LogP contribution in [0.15, 0.2) is 24.3 Å². The second-order valence-corrected chi connectivity index (χ2v) is 5.70. The van der Waals surface area contributed by atoms with E-state index in [9.17, 15) is 0 Å². The van der Waals surface area contributed by atoms with E-state index in [0.29, 0.717) is 0 Å². The second-order valence-electron chi connectivity index (χ2n) is 5.70. The van der Waals surface area contributed by atoms with Gasteiger partial charge in [-0.3, -0.25) is 0 Å². The first kappa shape index (κ1) is 14.4. The van der Waals surface area contributed by atoms with E-state index < -0.39 is 0 Å². The highest BCUT2D eigenvalue weighted by atomic mass is 16.5. The summed E-state index contributed by atoms with van der Waals surface area (Å²) in [4.78, 5) is 2.50. The van der Waals surface area contributed by atoms with Gasteiger partial charge in [-0.05, 0) is 43.7 Å². The van der Waals surface area contributed by atoms with Crippen molar-refractivity contribution in [2.24, 2.45) is 11.7 Å². The van der Waals surface area contributed by atoms with Crippen LogP contribution in [0.2, 0.25) is 0 Å². The maximum Gasteiger partial charge on any atom is 0.0491 e. The van der Waals surface area contributed by atoms with Gasteiger partial charge in [0.25, 0.3) is 0 Å². The summed E-state index contributed by atoms with van der Waals surface area (Å²) in [6, 6.07) is 8.89. The number of anilines is 1. The Hall–Kier alpha value is -1.06. The molecule has 0 aliphatic carbocycles. The molecule has 3 nitrogen and oxygen atoms in total. The van der Waals surface area contributed by atoms with Crippen LogP contribution in [-0.2, 0) is 11.2 Å². The lowest BCUT2D eigenvalue weighted by molar-refractivity contribution is 0.139. The van der Waals surface area contributed by atoms with Gasteiger partial charge in [-0.1, -0.05) is 18.2 Å². The molecule has 1 aromatic rings. The van der Waals surface area contributed by atoms with Crippen LogP contribution >= 0.6 is 0 Å². The van der Waals surface area contributed by atoms with Gasteiger partial charge in [-0.2, -0.15) is 0 Å². The zero-order chi connectivity index (χ0) is 13.7. The highest BCUT2D eigenvalue weighted by Gasteiger charge is 2.20. The van der Waals surface area contributed by atoms with Crippen LogP contribution in [0.3, 0.4) is 0 Å². The fourth-order valence-corrected chi connectivity index (χ4v) is 2.92. The molecule has 0 saturated carbocycles. The molecule has 1 aromatic carbocycles. The molecular formula is C16H26N2O. The SMILES string of the molecule is COCC1CCN(c2ccccc2CC(C)N)CC1. The van der Waals surface area contributed by atoms with Crippen molar-refractivity contribution in [3.8, 4) is 0 Å². The molecule has 1 aliphatic rings. The van der Waals surface area contributed by atoms with E-state index in [2.05, 4.69) is 36.1 Å². The summed E-state index contributed by atoms with van der Waals surface area (Å²) in [5, 5.41) is 0. The molecule has 19 heavy (non-hydrogen) atoms. The minimum atomic E-state index is 0.215. The van der Waals surface area contributed by atoms with Crippen molar-refractivity contribution in [1.82, 2.24) is 0 Å². The van der Waals surface area contributed by atoms with Crippen LogP contribution in [0, 0.1) is 5.92 Å². The van der Waals surface area contributed by atoms with Gasteiger partial charge in [0.15, 0.2) is 0 Å². The number of para-hydroxylation sites is 1. The fourth-order valence-electron chi connectivity index (χ4n) is 2.92. The van der Waals surface area contributed by atoms with Crippen molar-refractivity contribution in [3.63, 3.8) is 0 Å². The second kappa shape index (κ2) is 6.92. The minimum absolute atomic E-state index is 0.215. The molecule has 0 aromatic heterocycles. The molecular weight excluding hydrogens is 236 g/mol. The molecule has 1 aliphatic heterocycles. The van der Waals surface area contributed by atoms with Crippen LogP contribution in [-0.4, -0.2) is 32.8 Å². The maximum atomic E-state index is 5.95. The fraction of sp³-hybridized carbons (Fsp3) is 0.625. The highest BCUT2D eigenvalue weighted by Crippen LogP contribution is 2.27. The third-order valence-corrected chi connectivity index (χ3v) is 3.89. The Morgan fingerprint density at radius 1 is 1.32 bits per heavy atom. The summed E-state index contributed by atoms with van der Waals surface area (Å²) in [5.41, 5.74) is 8.70. The number of nitrogens with two attached hydrogens (primary N) is 1. The molecule has 3 heteroatoms. The summed E-state index contributed by atoms with van der Waals surface area (Å²) in [6.45, 7) is 5.23. The standard InChI is InChI=1S/C16H26N2O/c1-13(17)11-15-5-3-4-6-16(15)18-9-7-14(8-10-18)12-19-2/h3-6,13-14H,7-12,17H2,1-2H3. The van der Waals surface area contributed by atoms with Crippen molar-refractivity contribution in [2.45, 2.75) is 32.2 Å². The molecule has 1 heterocycles. The Labute approximate surface area is 116 Å². The topological polar surface area (TPSA) is 38.5 Å². The molecule has 2 rings (SSSR count). The van der Waals surface area contributed by atoms with Crippen molar-refractivity contribution in [3.05, 3.63) is 29.8 Å². The molecule has 0 spiro atoms. The van der Waals surface area contributed by atoms with E-state index in [1.807, 2.05) is 0 Å². The first-order chi connectivity index (χ1) is 9.20. The van der Waals surface area contributed by atoms with Crippen LogP contribution in [0.4, 0.5) is 5.69 Å². The number of hydrogen-bond donors (Lipinski definition) is 1. The lowest BCUT2D eigenvalue weighted by Gasteiger charge is -2.34. The summed E-state index contributed by atoms with van der Waals surface area (Å²) in [5.74, 6) is 0.724. The third kappa shape index (κ3) is 3.95. The maximum absolute atomic E-state index is 5.95. The predicted molar refractivity (Wildman–Crippen MR) is 80.6 cm³/mol. The van der Waals surface area contributed by atoms with Crippen molar-refractivity contribution in [2.75, 3.05) is 31.7 Å². The molecule has 106 valence electrons. The Morgan fingerprint density at radius 3 is 2.63 bits per heavy atom. The monoisotopic (exact) mass is 262 g/mol. The number of benzene rings is 1. The van der Waals surface area contributed by atoms with E-state index >= 15 is 0 Å². The normalized spacial score (nSPS) is 18.6. The molecule has 1 saturated heterocycles.